The molecule has 0 unspecified atom stereocenters. The van der Waals surface area contributed by atoms with E-state index in [0.717, 1.165) is 28.8 Å². The molecular formula is C25H32N4O5S. The van der Waals surface area contributed by atoms with Crippen LogP contribution in [0.2, 0.25) is 0 Å². The molecule has 0 saturated carbocycles. The van der Waals surface area contributed by atoms with E-state index in [0.29, 0.717) is 62.9 Å². The summed E-state index contributed by atoms with van der Waals surface area (Å²) in [5.74, 6) is 0.745. The summed E-state index contributed by atoms with van der Waals surface area (Å²) in [5, 5.41) is 9.48. The molecule has 0 spiro atoms. The van der Waals surface area contributed by atoms with E-state index in [-0.39, 0.29) is 12.6 Å². The summed E-state index contributed by atoms with van der Waals surface area (Å²) in [6.07, 6.45) is 3.02. The summed E-state index contributed by atoms with van der Waals surface area (Å²) >= 11 is 0. The van der Waals surface area contributed by atoms with E-state index in [9.17, 15) is 13.5 Å². The van der Waals surface area contributed by atoms with Crippen LogP contribution >= 0.6 is 0 Å². The fourth-order valence-corrected chi connectivity index (χ4v) is 6.67. The van der Waals surface area contributed by atoms with Gasteiger partial charge in [-0.1, -0.05) is 6.92 Å². The molecule has 5 rings (SSSR count). The Balaban J connectivity index is 1.69. The highest BCUT2D eigenvalue weighted by Gasteiger charge is 2.44. The van der Waals surface area contributed by atoms with Crippen LogP contribution in [0.4, 0.5) is 5.82 Å². The molecule has 5 heterocycles. The van der Waals surface area contributed by atoms with E-state index in [1.807, 2.05) is 30.3 Å². The number of pyridine rings is 2. The van der Waals surface area contributed by atoms with Crippen molar-refractivity contribution in [1.29, 1.82) is 0 Å². The Hall–Kier alpha value is -2.53. The smallest absolute Gasteiger partial charge is 0.157 e. The number of sulfone groups is 1. The van der Waals surface area contributed by atoms with E-state index < -0.39 is 14.6 Å². The molecule has 1 atom stereocenters. The van der Waals surface area contributed by atoms with Gasteiger partial charge >= 0.3 is 0 Å². The SMILES string of the molecule is CC[C@@H]1COCCN1c1cc(C2(S(C)(=O)=O)CCOCC2)cc(-c2ccc3[nH]c(CO)cc3n2)n1. The lowest BCUT2D eigenvalue weighted by Gasteiger charge is -2.39. The minimum atomic E-state index is -3.44. The number of anilines is 1. The molecule has 2 N–H and O–H groups in total. The maximum Gasteiger partial charge on any atom is 0.157 e. The molecule has 2 saturated heterocycles. The number of morpholine rings is 1. The topological polar surface area (TPSA) is 118 Å². The predicted molar refractivity (Wildman–Crippen MR) is 134 cm³/mol. The van der Waals surface area contributed by atoms with Crippen molar-refractivity contribution in [2.45, 2.75) is 43.6 Å². The molecule has 0 aliphatic carbocycles. The number of nitrogens with zero attached hydrogens (tertiary/aromatic N) is 3. The number of aromatic nitrogens is 3. The Morgan fingerprint density at radius 2 is 1.91 bits per heavy atom. The molecule has 188 valence electrons. The van der Waals surface area contributed by atoms with Gasteiger partial charge in [0.2, 0.25) is 0 Å². The second-order valence-corrected chi connectivity index (χ2v) is 11.7. The highest BCUT2D eigenvalue weighted by molar-refractivity contribution is 7.91. The zero-order valence-electron chi connectivity index (χ0n) is 20.2. The quantitative estimate of drug-likeness (QED) is 0.531. The third-order valence-electron chi connectivity index (χ3n) is 7.30. The van der Waals surface area contributed by atoms with Crippen molar-refractivity contribution in [3.05, 3.63) is 41.6 Å². The van der Waals surface area contributed by atoms with Gasteiger partial charge in [-0.05, 0) is 55.2 Å². The molecule has 35 heavy (non-hydrogen) atoms. The summed E-state index contributed by atoms with van der Waals surface area (Å²) in [5.41, 5.74) is 4.25. The van der Waals surface area contributed by atoms with E-state index in [1.54, 1.807) is 0 Å². The number of rotatable bonds is 6. The number of aromatic amines is 1. The molecule has 3 aromatic rings. The van der Waals surface area contributed by atoms with Gasteiger partial charge in [-0.3, -0.25) is 0 Å². The van der Waals surface area contributed by atoms with Crippen molar-refractivity contribution in [1.82, 2.24) is 15.0 Å². The van der Waals surface area contributed by atoms with E-state index in [4.69, 9.17) is 19.4 Å². The van der Waals surface area contributed by atoms with Crippen molar-refractivity contribution < 1.29 is 23.0 Å². The summed E-state index contributed by atoms with van der Waals surface area (Å²) < 4.78 is 36.7. The van der Waals surface area contributed by atoms with Crippen molar-refractivity contribution in [3.8, 4) is 11.4 Å². The molecule has 2 aliphatic heterocycles. The number of hydrogen-bond donors (Lipinski definition) is 2. The van der Waals surface area contributed by atoms with Crippen molar-refractivity contribution in [2.24, 2.45) is 0 Å². The second kappa shape index (κ2) is 9.50. The average Bonchev–Trinajstić information content (AvgIpc) is 3.31. The number of aliphatic hydroxyl groups excluding tert-OH is 1. The molecule has 2 fully saturated rings. The third kappa shape index (κ3) is 4.44. The number of hydrogen-bond acceptors (Lipinski definition) is 8. The number of fused-ring (bicyclic) bond motifs is 1. The zero-order valence-corrected chi connectivity index (χ0v) is 21.0. The molecule has 0 amide bonds. The lowest BCUT2D eigenvalue weighted by atomic mass is 9.90. The molecule has 10 heteroatoms. The lowest BCUT2D eigenvalue weighted by Crippen LogP contribution is -2.46. The van der Waals surface area contributed by atoms with Crippen LogP contribution in [0.1, 0.15) is 37.4 Å². The van der Waals surface area contributed by atoms with Crippen molar-refractivity contribution in [2.75, 3.05) is 44.1 Å². The molecule has 0 radical (unpaired) electrons. The van der Waals surface area contributed by atoms with Gasteiger partial charge in [-0.2, -0.15) is 0 Å². The van der Waals surface area contributed by atoms with Gasteiger partial charge in [-0.25, -0.2) is 18.4 Å². The minimum Gasteiger partial charge on any atom is -0.390 e. The van der Waals surface area contributed by atoms with Crippen LogP contribution in [0, 0.1) is 0 Å². The number of ether oxygens (including phenoxy) is 2. The molecule has 0 aromatic carbocycles. The second-order valence-electron chi connectivity index (χ2n) is 9.39. The first-order valence-corrected chi connectivity index (χ1v) is 14.0. The van der Waals surface area contributed by atoms with Crippen LogP contribution in [-0.4, -0.2) is 73.7 Å². The lowest BCUT2D eigenvalue weighted by molar-refractivity contribution is 0.0741. The van der Waals surface area contributed by atoms with Gasteiger partial charge in [0, 0.05) is 31.7 Å². The Morgan fingerprint density at radius 3 is 2.63 bits per heavy atom. The largest absolute Gasteiger partial charge is 0.390 e. The molecule has 9 nitrogen and oxygen atoms in total. The Kier molecular flexibility index (Phi) is 6.56. The zero-order chi connectivity index (χ0) is 24.6. The highest BCUT2D eigenvalue weighted by Crippen LogP contribution is 2.42. The third-order valence-corrected chi connectivity index (χ3v) is 9.37. The highest BCUT2D eigenvalue weighted by atomic mass is 32.2. The Labute approximate surface area is 205 Å². The first-order valence-electron chi connectivity index (χ1n) is 12.1. The Bertz CT molecular complexity index is 1320. The molecule has 3 aromatic heterocycles. The van der Waals surface area contributed by atoms with Crippen molar-refractivity contribution >= 4 is 26.7 Å². The van der Waals surface area contributed by atoms with Crippen LogP contribution < -0.4 is 4.90 Å². The van der Waals surface area contributed by atoms with Gasteiger partial charge in [0.15, 0.2) is 9.84 Å². The van der Waals surface area contributed by atoms with Crippen LogP contribution in [0.25, 0.3) is 22.4 Å². The first kappa shape index (κ1) is 24.2. The van der Waals surface area contributed by atoms with Gasteiger partial charge < -0.3 is 24.5 Å². The fraction of sp³-hybridized carbons (Fsp3) is 0.520. The van der Waals surface area contributed by atoms with Crippen molar-refractivity contribution in [3.63, 3.8) is 0 Å². The summed E-state index contributed by atoms with van der Waals surface area (Å²) in [4.78, 5) is 15.1. The maximum absolute atomic E-state index is 13.2. The van der Waals surface area contributed by atoms with Gasteiger partial charge in [0.05, 0.1) is 48.3 Å². The summed E-state index contributed by atoms with van der Waals surface area (Å²) in [7, 11) is -3.44. The van der Waals surface area contributed by atoms with Crippen LogP contribution in [0.3, 0.4) is 0 Å². The predicted octanol–water partition coefficient (Wildman–Crippen LogP) is 2.78. The van der Waals surface area contributed by atoms with Gasteiger partial charge in [0.1, 0.15) is 10.6 Å². The fourth-order valence-electron chi connectivity index (χ4n) is 5.22. The van der Waals surface area contributed by atoms with Gasteiger partial charge in [-0.15, -0.1) is 0 Å². The standard InChI is InChI=1S/C25H32N4O5S/c1-3-19-16-34-11-8-29(19)24-13-17(25(35(2,31)32)6-9-33-10-7-25)12-22(28-24)21-5-4-20-23(27-21)14-18(15-30)26-20/h4-5,12-14,19,26,30H,3,6-11,15-16H2,1-2H3/t19-/m1/s1. The van der Waals surface area contributed by atoms with Crippen LogP contribution in [0.15, 0.2) is 30.3 Å². The molecule has 0 bridgehead atoms. The maximum atomic E-state index is 13.2. The summed E-state index contributed by atoms with van der Waals surface area (Å²) in [6.45, 7) is 4.71. The Morgan fingerprint density at radius 1 is 1.11 bits per heavy atom. The monoisotopic (exact) mass is 500 g/mol. The van der Waals surface area contributed by atoms with E-state index in [1.165, 1.54) is 6.26 Å². The van der Waals surface area contributed by atoms with E-state index in [2.05, 4.69) is 16.8 Å². The van der Waals surface area contributed by atoms with Gasteiger partial charge in [0.25, 0.3) is 0 Å². The molecular weight excluding hydrogens is 468 g/mol. The number of aliphatic hydroxyl groups is 1. The number of nitrogens with one attached hydrogen (secondary N) is 1. The average molecular weight is 501 g/mol. The van der Waals surface area contributed by atoms with Crippen LogP contribution in [-0.2, 0) is 30.7 Å². The minimum absolute atomic E-state index is 0.0992. The molecule has 2 aliphatic rings. The summed E-state index contributed by atoms with van der Waals surface area (Å²) in [6, 6.07) is 9.59. The van der Waals surface area contributed by atoms with Crippen LogP contribution in [0.5, 0.6) is 0 Å². The first-order chi connectivity index (χ1) is 16.8. The van der Waals surface area contributed by atoms with E-state index >= 15 is 0 Å². The normalized spacial score (nSPS) is 20.9. The number of H-pyrrole nitrogens is 1.